The fourth-order valence-electron chi connectivity index (χ4n) is 0.983. The first kappa shape index (κ1) is 11.6. The number of hydrogen-bond donors (Lipinski definition) is 1. The normalized spacial score (nSPS) is 13.1. The van der Waals surface area contributed by atoms with E-state index in [-0.39, 0.29) is 6.10 Å². The van der Waals surface area contributed by atoms with Crippen molar-refractivity contribution >= 4 is 11.8 Å². The van der Waals surface area contributed by atoms with Crippen molar-refractivity contribution in [3.05, 3.63) is 12.0 Å². The molecule has 0 aliphatic rings. The molecule has 1 atom stereocenters. The topological polar surface area (TPSA) is 61.3 Å². The molecule has 14 heavy (non-hydrogen) atoms. The molecule has 0 aliphatic carbocycles. The molecule has 1 aromatic heterocycles. The first-order chi connectivity index (χ1) is 6.76. The van der Waals surface area contributed by atoms with Gasteiger partial charge in [0, 0.05) is 18.9 Å². The molecule has 0 fully saturated rings. The van der Waals surface area contributed by atoms with Crippen LogP contribution < -0.4 is 5.73 Å². The highest BCUT2D eigenvalue weighted by Gasteiger charge is 2.09. The summed E-state index contributed by atoms with van der Waals surface area (Å²) in [6, 6.07) is 0. The van der Waals surface area contributed by atoms with E-state index in [1.54, 1.807) is 6.26 Å². The molecule has 5 heteroatoms. The summed E-state index contributed by atoms with van der Waals surface area (Å²) in [5.74, 6) is 0.782. The van der Waals surface area contributed by atoms with Crippen LogP contribution in [0, 0.1) is 6.92 Å². The van der Waals surface area contributed by atoms with Crippen LogP contribution in [-0.4, -0.2) is 30.0 Å². The van der Waals surface area contributed by atoms with Crippen LogP contribution in [0.2, 0.25) is 0 Å². The van der Waals surface area contributed by atoms with Crippen LogP contribution in [0.4, 0.5) is 0 Å². The maximum atomic E-state index is 5.54. The van der Waals surface area contributed by atoms with E-state index in [2.05, 4.69) is 4.98 Å². The van der Waals surface area contributed by atoms with Crippen LogP contribution in [0.25, 0.3) is 0 Å². The quantitative estimate of drug-likeness (QED) is 0.729. The molecule has 0 saturated heterocycles. The van der Waals surface area contributed by atoms with E-state index in [1.165, 1.54) is 11.8 Å². The van der Waals surface area contributed by atoms with Gasteiger partial charge in [-0.3, -0.25) is 0 Å². The Hall–Kier alpha value is -0.520. The summed E-state index contributed by atoms with van der Waals surface area (Å²) in [6.45, 7) is 5.08. The Kier molecular flexibility index (Phi) is 5.00. The van der Waals surface area contributed by atoms with Crippen LogP contribution in [0.5, 0.6) is 0 Å². The zero-order chi connectivity index (χ0) is 10.4. The average molecular weight is 216 g/mol. The highest BCUT2D eigenvalue weighted by molar-refractivity contribution is 7.99. The van der Waals surface area contributed by atoms with E-state index in [9.17, 15) is 0 Å². The van der Waals surface area contributed by atoms with Crippen LogP contribution in [0.1, 0.15) is 12.6 Å². The Balaban J connectivity index is 2.31. The summed E-state index contributed by atoms with van der Waals surface area (Å²) in [6.07, 6.45) is 1.72. The molecule has 0 radical (unpaired) electrons. The fourth-order valence-corrected chi connectivity index (χ4v) is 1.87. The van der Waals surface area contributed by atoms with Crippen molar-refractivity contribution in [1.29, 1.82) is 0 Å². The molecule has 2 N–H and O–H groups in total. The summed E-state index contributed by atoms with van der Waals surface area (Å²) in [5.41, 5.74) is 6.44. The Morgan fingerprint density at radius 2 is 2.50 bits per heavy atom. The number of nitrogens with two attached hydrogens (primary N) is 1. The molecule has 1 unspecified atom stereocenters. The van der Waals surface area contributed by atoms with Gasteiger partial charge in [0.15, 0.2) is 0 Å². The van der Waals surface area contributed by atoms with E-state index in [0.29, 0.717) is 18.4 Å². The third-order valence-corrected chi connectivity index (χ3v) is 2.63. The molecular formula is C9H16N2O2S. The number of oxazole rings is 1. The fraction of sp³-hybridized carbons (Fsp3) is 0.667. The summed E-state index contributed by atoms with van der Waals surface area (Å²) < 4.78 is 10.6. The molecule has 0 amide bonds. The number of ether oxygens (including phenoxy) is 1. The minimum Gasteiger partial charge on any atom is -0.440 e. The molecular weight excluding hydrogens is 200 g/mol. The Morgan fingerprint density at radius 3 is 3.00 bits per heavy atom. The number of aryl methyl sites for hydroxylation is 1. The first-order valence-corrected chi connectivity index (χ1v) is 5.61. The lowest BCUT2D eigenvalue weighted by Gasteiger charge is -2.12. The zero-order valence-electron chi connectivity index (χ0n) is 8.53. The lowest BCUT2D eigenvalue weighted by atomic mass is 10.4. The molecule has 0 aliphatic heterocycles. The highest BCUT2D eigenvalue weighted by Crippen LogP contribution is 2.18. The lowest BCUT2D eigenvalue weighted by molar-refractivity contribution is 0.0857. The van der Waals surface area contributed by atoms with Gasteiger partial charge in [-0.1, -0.05) is 11.8 Å². The molecule has 80 valence electrons. The molecule has 0 bridgehead atoms. The monoisotopic (exact) mass is 216 g/mol. The molecule has 1 aromatic rings. The van der Waals surface area contributed by atoms with E-state index >= 15 is 0 Å². The van der Waals surface area contributed by atoms with Gasteiger partial charge < -0.3 is 14.9 Å². The maximum Gasteiger partial charge on any atom is 0.255 e. The van der Waals surface area contributed by atoms with Gasteiger partial charge in [0.05, 0.1) is 11.8 Å². The molecule has 1 heterocycles. The standard InChI is InChI=1S/C9H16N2O2S/c1-3-12-8(4-10)6-14-9-11-7(2)5-13-9/h5,8H,3-4,6,10H2,1-2H3. The lowest BCUT2D eigenvalue weighted by Crippen LogP contribution is -2.26. The van der Waals surface area contributed by atoms with Crippen molar-refractivity contribution in [2.75, 3.05) is 18.9 Å². The van der Waals surface area contributed by atoms with Crippen LogP contribution in [0.3, 0.4) is 0 Å². The second-order valence-corrected chi connectivity index (χ2v) is 3.85. The SMILES string of the molecule is CCOC(CN)CSc1nc(C)co1. The van der Waals surface area contributed by atoms with Gasteiger partial charge in [0.2, 0.25) is 0 Å². The summed E-state index contributed by atoms with van der Waals surface area (Å²) in [5, 5.41) is 0.681. The molecule has 0 saturated carbocycles. The molecule has 1 rings (SSSR count). The zero-order valence-corrected chi connectivity index (χ0v) is 9.34. The van der Waals surface area contributed by atoms with Gasteiger partial charge in [-0.2, -0.15) is 0 Å². The number of rotatable bonds is 6. The summed E-state index contributed by atoms with van der Waals surface area (Å²) >= 11 is 1.53. The number of aromatic nitrogens is 1. The van der Waals surface area contributed by atoms with E-state index in [4.69, 9.17) is 14.9 Å². The largest absolute Gasteiger partial charge is 0.440 e. The number of hydrogen-bond acceptors (Lipinski definition) is 5. The maximum absolute atomic E-state index is 5.54. The Labute approximate surface area is 88.2 Å². The van der Waals surface area contributed by atoms with Gasteiger partial charge in [-0.05, 0) is 13.8 Å². The van der Waals surface area contributed by atoms with Gasteiger partial charge in [-0.15, -0.1) is 0 Å². The highest BCUT2D eigenvalue weighted by atomic mass is 32.2. The van der Waals surface area contributed by atoms with Crippen LogP contribution in [0.15, 0.2) is 15.9 Å². The Morgan fingerprint density at radius 1 is 1.71 bits per heavy atom. The summed E-state index contributed by atoms with van der Waals surface area (Å²) in [4.78, 5) is 4.18. The van der Waals surface area contributed by atoms with E-state index in [0.717, 1.165) is 11.4 Å². The Bertz CT molecular complexity index is 265. The van der Waals surface area contributed by atoms with Crippen molar-refractivity contribution in [1.82, 2.24) is 4.98 Å². The third-order valence-electron chi connectivity index (χ3n) is 1.66. The van der Waals surface area contributed by atoms with Gasteiger partial charge >= 0.3 is 0 Å². The van der Waals surface area contributed by atoms with Gasteiger partial charge in [0.25, 0.3) is 5.22 Å². The predicted molar refractivity (Wildman–Crippen MR) is 56.4 cm³/mol. The van der Waals surface area contributed by atoms with Crippen molar-refractivity contribution in [3.8, 4) is 0 Å². The number of thioether (sulfide) groups is 1. The molecule has 4 nitrogen and oxygen atoms in total. The minimum atomic E-state index is 0.0807. The van der Waals surface area contributed by atoms with Crippen molar-refractivity contribution < 1.29 is 9.15 Å². The van der Waals surface area contributed by atoms with E-state index in [1.807, 2.05) is 13.8 Å². The van der Waals surface area contributed by atoms with Gasteiger partial charge in [0.1, 0.15) is 6.26 Å². The predicted octanol–water partition coefficient (Wildman–Crippen LogP) is 1.44. The third kappa shape index (κ3) is 3.69. The van der Waals surface area contributed by atoms with Gasteiger partial charge in [-0.25, -0.2) is 4.98 Å². The van der Waals surface area contributed by atoms with Crippen molar-refractivity contribution in [3.63, 3.8) is 0 Å². The van der Waals surface area contributed by atoms with Crippen molar-refractivity contribution in [2.24, 2.45) is 5.73 Å². The van der Waals surface area contributed by atoms with Crippen LogP contribution >= 0.6 is 11.8 Å². The van der Waals surface area contributed by atoms with Crippen molar-refractivity contribution in [2.45, 2.75) is 25.2 Å². The van der Waals surface area contributed by atoms with Crippen LogP contribution in [-0.2, 0) is 4.74 Å². The minimum absolute atomic E-state index is 0.0807. The average Bonchev–Trinajstić information content (AvgIpc) is 2.59. The second-order valence-electron chi connectivity index (χ2n) is 2.88. The van der Waals surface area contributed by atoms with E-state index < -0.39 is 0 Å². The molecule has 0 aromatic carbocycles. The second kappa shape index (κ2) is 6.06. The first-order valence-electron chi connectivity index (χ1n) is 4.62. The summed E-state index contributed by atoms with van der Waals surface area (Å²) in [7, 11) is 0. The molecule has 0 spiro atoms. The number of nitrogens with zero attached hydrogens (tertiary/aromatic N) is 1. The smallest absolute Gasteiger partial charge is 0.255 e.